The third-order valence-corrected chi connectivity index (χ3v) is 2.87. The number of benzene rings is 1. The van der Waals surface area contributed by atoms with Gasteiger partial charge in [-0.15, -0.1) is 0 Å². The first-order valence-electron chi connectivity index (χ1n) is 6.09. The number of para-hydroxylation sites is 1. The molecule has 2 heterocycles. The summed E-state index contributed by atoms with van der Waals surface area (Å²) < 4.78 is 15.6. The van der Waals surface area contributed by atoms with Gasteiger partial charge in [-0.05, 0) is 11.6 Å². The summed E-state index contributed by atoms with van der Waals surface area (Å²) in [5.74, 6) is 0.459. The molecule has 104 valence electrons. The SMILES string of the molecule is O=C(O)COCc1nc(C2Cc3ccccc3O2)no1. The number of carboxylic acid groups (broad SMARTS) is 1. The molecule has 1 unspecified atom stereocenters. The van der Waals surface area contributed by atoms with Crippen LogP contribution in [0.2, 0.25) is 0 Å². The molecule has 20 heavy (non-hydrogen) atoms. The summed E-state index contributed by atoms with van der Waals surface area (Å²) >= 11 is 0. The van der Waals surface area contributed by atoms with E-state index in [1.165, 1.54) is 0 Å². The van der Waals surface area contributed by atoms with Gasteiger partial charge in [-0.2, -0.15) is 4.98 Å². The summed E-state index contributed by atoms with van der Waals surface area (Å²) in [6, 6.07) is 7.74. The number of aliphatic carboxylic acids is 1. The van der Waals surface area contributed by atoms with Gasteiger partial charge in [0, 0.05) is 6.42 Å². The number of aromatic nitrogens is 2. The molecule has 3 rings (SSSR count). The quantitative estimate of drug-likeness (QED) is 0.880. The summed E-state index contributed by atoms with van der Waals surface area (Å²) in [5, 5.41) is 12.3. The highest BCUT2D eigenvalue weighted by molar-refractivity contribution is 5.67. The van der Waals surface area contributed by atoms with Gasteiger partial charge in [0.15, 0.2) is 6.10 Å². The minimum absolute atomic E-state index is 0.0288. The number of fused-ring (bicyclic) bond motifs is 1. The predicted octanol–water partition coefficient (Wildman–Crippen LogP) is 1.35. The lowest BCUT2D eigenvalue weighted by molar-refractivity contribution is -0.142. The summed E-state index contributed by atoms with van der Waals surface area (Å²) in [6.07, 6.45) is 0.412. The van der Waals surface area contributed by atoms with E-state index in [1.54, 1.807) is 0 Å². The molecule has 0 fully saturated rings. The van der Waals surface area contributed by atoms with Crippen LogP contribution in [0, 0.1) is 0 Å². The third kappa shape index (κ3) is 2.62. The Morgan fingerprint density at radius 2 is 2.30 bits per heavy atom. The Bertz CT molecular complexity index is 600. The fraction of sp³-hybridized carbons (Fsp3) is 0.308. The van der Waals surface area contributed by atoms with E-state index in [0.29, 0.717) is 12.2 Å². The van der Waals surface area contributed by atoms with E-state index in [4.69, 9.17) is 19.1 Å². The van der Waals surface area contributed by atoms with E-state index in [2.05, 4.69) is 10.1 Å². The van der Waals surface area contributed by atoms with E-state index in [-0.39, 0.29) is 18.6 Å². The van der Waals surface area contributed by atoms with Gasteiger partial charge in [0.05, 0.1) is 0 Å². The van der Waals surface area contributed by atoms with Crippen LogP contribution >= 0.6 is 0 Å². The highest BCUT2D eigenvalue weighted by Gasteiger charge is 2.28. The van der Waals surface area contributed by atoms with Crippen LogP contribution in [0.1, 0.15) is 23.4 Å². The minimum Gasteiger partial charge on any atom is -0.482 e. The molecule has 1 aromatic carbocycles. The van der Waals surface area contributed by atoms with Gasteiger partial charge in [-0.1, -0.05) is 23.4 Å². The molecule has 0 aliphatic carbocycles. The maximum Gasteiger partial charge on any atom is 0.329 e. The number of hydrogen-bond donors (Lipinski definition) is 1. The second-order valence-electron chi connectivity index (χ2n) is 4.35. The first kappa shape index (κ1) is 12.6. The number of hydrogen-bond acceptors (Lipinski definition) is 6. The Labute approximate surface area is 114 Å². The fourth-order valence-electron chi connectivity index (χ4n) is 2.01. The van der Waals surface area contributed by atoms with Crippen molar-refractivity contribution in [2.45, 2.75) is 19.1 Å². The summed E-state index contributed by atoms with van der Waals surface area (Å²) in [6.45, 7) is -0.429. The van der Waals surface area contributed by atoms with E-state index < -0.39 is 12.6 Å². The molecule has 0 spiro atoms. The van der Waals surface area contributed by atoms with Crippen molar-refractivity contribution < 1.29 is 23.9 Å². The lowest BCUT2D eigenvalue weighted by Gasteiger charge is -2.04. The van der Waals surface area contributed by atoms with Crippen LogP contribution in [0.3, 0.4) is 0 Å². The standard InChI is InChI=1S/C13H12N2O5/c16-12(17)7-18-6-11-14-13(15-20-11)10-5-8-3-1-2-4-9(8)19-10/h1-4,10H,5-7H2,(H,16,17). The van der Waals surface area contributed by atoms with Crippen LogP contribution < -0.4 is 4.74 Å². The largest absolute Gasteiger partial charge is 0.482 e. The van der Waals surface area contributed by atoms with Gasteiger partial charge in [-0.3, -0.25) is 0 Å². The van der Waals surface area contributed by atoms with E-state index in [9.17, 15) is 4.79 Å². The summed E-state index contributed by atoms with van der Waals surface area (Å²) in [7, 11) is 0. The Morgan fingerprint density at radius 3 is 3.10 bits per heavy atom. The lowest BCUT2D eigenvalue weighted by Crippen LogP contribution is -2.07. The third-order valence-electron chi connectivity index (χ3n) is 2.87. The molecule has 0 amide bonds. The summed E-state index contributed by atoms with van der Waals surface area (Å²) in [4.78, 5) is 14.5. The smallest absolute Gasteiger partial charge is 0.329 e. The molecule has 0 radical (unpaired) electrons. The molecule has 7 heteroatoms. The molecule has 1 atom stereocenters. The van der Waals surface area contributed by atoms with Crippen molar-refractivity contribution in [2.24, 2.45) is 0 Å². The highest BCUT2D eigenvalue weighted by Crippen LogP contribution is 2.35. The van der Waals surface area contributed by atoms with E-state index in [0.717, 1.165) is 11.3 Å². The molecule has 0 saturated carbocycles. The van der Waals surface area contributed by atoms with Gasteiger partial charge in [0.1, 0.15) is 19.0 Å². The maximum atomic E-state index is 10.3. The number of ether oxygens (including phenoxy) is 2. The van der Waals surface area contributed by atoms with Gasteiger partial charge in [-0.25, -0.2) is 4.79 Å². The Kier molecular flexibility index (Phi) is 3.34. The fourth-order valence-corrected chi connectivity index (χ4v) is 2.01. The van der Waals surface area contributed by atoms with Gasteiger partial charge >= 0.3 is 5.97 Å². The number of carboxylic acids is 1. The van der Waals surface area contributed by atoms with Crippen molar-refractivity contribution in [3.05, 3.63) is 41.5 Å². The van der Waals surface area contributed by atoms with Crippen molar-refractivity contribution in [3.8, 4) is 5.75 Å². The zero-order chi connectivity index (χ0) is 13.9. The Morgan fingerprint density at radius 1 is 1.45 bits per heavy atom. The maximum absolute atomic E-state index is 10.3. The Balaban J connectivity index is 1.62. The second kappa shape index (κ2) is 5.30. The number of rotatable bonds is 5. The molecule has 0 bridgehead atoms. The van der Waals surface area contributed by atoms with E-state index >= 15 is 0 Å². The molecule has 1 N–H and O–H groups in total. The second-order valence-corrected chi connectivity index (χ2v) is 4.35. The van der Waals surface area contributed by atoms with Crippen LogP contribution in [0.25, 0.3) is 0 Å². The Hall–Kier alpha value is -2.41. The zero-order valence-electron chi connectivity index (χ0n) is 10.5. The predicted molar refractivity (Wildman–Crippen MR) is 65.1 cm³/mol. The van der Waals surface area contributed by atoms with Crippen molar-refractivity contribution in [1.29, 1.82) is 0 Å². The lowest BCUT2D eigenvalue weighted by atomic mass is 10.1. The molecule has 1 aliphatic heterocycles. The number of carbonyl (C=O) groups is 1. The molecule has 2 aromatic rings. The van der Waals surface area contributed by atoms with Gasteiger partial charge in [0.25, 0.3) is 5.89 Å². The first-order valence-corrected chi connectivity index (χ1v) is 6.09. The van der Waals surface area contributed by atoms with Crippen molar-refractivity contribution in [3.63, 3.8) is 0 Å². The van der Waals surface area contributed by atoms with Crippen molar-refractivity contribution in [1.82, 2.24) is 10.1 Å². The highest BCUT2D eigenvalue weighted by atomic mass is 16.5. The molecule has 7 nitrogen and oxygen atoms in total. The van der Waals surface area contributed by atoms with Crippen LogP contribution in [-0.4, -0.2) is 27.8 Å². The first-order chi connectivity index (χ1) is 9.72. The topological polar surface area (TPSA) is 94.7 Å². The van der Waals surface area contributed by atoms with Crippen LogP contribution in [-0.2, 0) is 22.6 Å². The number of nitrogens with zero attached hydrogens (tertiary/aromatic N) is 2. The molecular formula is C13H12N2O5. The van der Waals surface area contributed by atoms with Crippen molar-refractivity contribution >= 4 is 5.97 Å². The average molecular weight is 276 g/mol. The van der Waals surface area contributed by atoms with Gasteiger partial charge in [0.2, 0.25) is 5.82 Å². The normalized spacial score (nSPS) is 16.7. The minimum atomic E-state index is -1.04. The average Bonchev–Trinajstić information content (AvgIpc) is 3.03. The van der Waals surface area contributed by atoms with Crippen LogP contribution in [0.4, 0.5) is 0 Å². The van der Waals surface area contributed by atoms with Crippen LogP contribution in [0.5, 0.6) is 5.75 Å². The van der Waals surface area contributed by atoms with Crippen molar-refractivity contribution in [2.75, 3.05) is 6.61 Å². The van der Waals surface area contributed by atoms with Gasteiger partial charge < -0.3 is 19.1 Å². The molecule has 0 saturated heterocycles. The molecule has 1 aromatic heterocycles. The summed E-state index contributed by atoms with van der Waals surface area (Å²) in [5.41, 5.74) is 1.10. The van der Waals surface area contributed by atoms with Crippen LogP contribution in [0.15, 0.2) is 28.8 Å². The zero-order valence-corrected chi connectivity index (χ0v) is 10.5. The molecular weight excluding hydrogens is 264 g/mol. The molecule has 1 aliphatic rings. The van der Waals surface area contributed by atoms with E-state index in [1.807, 2.05) is 24.3 Å². The monoisotopic (exact) mass is 276 g/mol.